The molecule has 0 unspecified atom stereocenters. The minimum Gasteiger partial charge on any atom is -0.466 e. The fourth-order valence-corrected chi connectivity index (χ4v) is 1.55. The quantitative estimate of drug-likeness (QED) is 0.603. The van der Waals surface area contributed by atoms with Crippen LogP contribution < -0.4 is 0 Å². The molecule has 0 fully saturated rings. The van der Waals surface area contributed by atoms with E-state index >= 15 is 0 Å². The predicted molar refractivity (Wildman–Crippen MR) is 58.4 cm³/mol. The van der Waals surface area contributed by atoms with Gasteiger partial charge >= 0.3 is 11.9 Å². The molecular weight excluding hydrogens is 268 g/mol. The van der Waals surface area contributed by atoms with Crippen molar-refractivity contribution in [2.45, 2.75) is 10.8 Å². The lowest BCUT2D eigenvalue weighted by atomic mass is 10.3. The number of nitrogens with zero attached hydrogens (tertiary/aromatic N) is 1. The Morgan fingerprint density at radius 2 is 2.22 bits per heavy atom. The average molecular weight is 277 g/mol. The van der Waals surface area contributed by atoms with Crippen LogP contribution in [0.15, 0.2) is 23.4 Å². The smallest absolute Gasteiger partial charge is 0.344 e. The molecule has 1 heterocycles. The van der Waals surface area contributed by atoms with Gasteiger partial charge in [0.1, 0.15) is 5.03 Å². The van der Waals surface area contributed by atoms with Crippen LogP contribution >= 0.6 is 11.8 Å². The molecule has 0 spiro atoms. The van der Waals surface area contributed by atoms with Crippen LogP contribution in [0, 0.1) is 0 Å². The molecule has 98 valence electrons. The first kappa shape index (κ1) is 14.4. The first-order valence-electron chi connectivity index (χ1n) is 4.68. The zero-order valence-corrected chi connectivity index (χ0v) is 10.1. The number of halogens is 2. The van der Waals surface area contributed by atoms with E-state index in [4.69, 9.17) is 0 Å². The summed E-state index contributed by atoms with van der Waals surface area (Å²) in [4.78, 5) is 26.0. The Labute approximate surface area is 105 Å². The standard InChI is InChI=1S/C10H9F2NO4S/c1-16-7(14)5-17-9(15)6-3-2-4-13-8(6)18-10(11)12/h2-4,10H,5H2,1H3. The maximum atomic E-state index is 12.2. The summed E-state index contributed by atoms with van der Waals surface area (Å²) < 4.78 is 33.3. The summed E-state index contributed by atoms with van der Waals surface area (Å²) in [5, 5.41) is -0.151. The summed E-state index contributed by atoms with van der Waals surface area (Å²) in [6.07, 6.45) is 1.28. The zero-order chi connectivity index (χ0) is 13.5. The molecule has 0 aromatic carbocycles. The van der Waals surface area contributed by atoms with Crippen LogP contribution in [0.1, 0.15) is 10.4 Å². The summed E-state index contributed by atoms with van der Waals surface area (Å²) in [7, 11) is 1.14. The second kappa shape index (κ2) is 6.90. The van der Waals surface area contributed by atoms with E-state index in [0.717, 1.165) is 7.11 Å². The third-order valence-corrected chi connectivity index (χ3v) is 2.47. The van der Waals surface area contributed by atoms with Gasteiger partial charge in [0.15, 0.2) is 6.61 Å². The highest BCUT2D eigenvalue weighted by Crippen LogP contribution is 2.26. The largest absolute Gasteiger partial charge is 0.466 e. The maximum absolute atomic E-state index is 12.2. The highest BCUT2D eigenvalue weighted by atomic mass is 32.2. The molecule has 0 bridgehead atoms. The molecule has 0 N–H and O–H groups in total. The van der Waals surface area contributed by atoms with Gasteiger partial charge in [-0.15, -0.1) is 0 Å². The highest BCUT2D eigenvalue weighted by molar-refractivity contribution is 7.99. The van der Waals surface area contributed by atoms with Crippen LogP contribution in [0.4, 0.5) is 8.78 Å². The molecule has 0 saturated heterocycles. The van der Waals surface area contributed by atoms with E-state index < -0.39 is 24.3 Å². The van der Waals surface area contributed by atoms with Gasteiger partial charge in [-0.3, -0.25) is 0 Å². The molecule has 1 rings (SSSR count). The molecule has 0 aliphatic heterocycles. The number of rotatable bonds is 5. The average Bonchev–Trinajstić information content (AvgIpc) is 2.35. The summed E-state index contributed by atoms with van der Waals surface area (Å²) in [5.74, 6) is -4.35. The van der Waals surface area contributed by atoms with E-state index in [1.807, 2.05) is 0 Å². The van der Waals surface area contributed by atoms with Crippen LogP contribution in [0.25, 0.3) is 0 Å². The van der Waals surface area contributed by atoms with Gasteiger partial charge in [0, 0.05) is 6.20 Å². The van der Waals surface area contributed by atoms with Gasteiger partial charge in [-0.2, -0.15) is 8.78 Å². The normalized spacial score (nSPS) is 10.2. The lowest BCUT2D eigenvalue weighted by Crippen LogP contribution is -2.16. The van der Waals surface area contributed by atoms with E-state index in [0.29, 0.717) is 0 Å². The number of ether oxygens (including phenoxy) is 2. The molecular formula is C10H9F2NO4S. The molecule has 0 aliphatic rings. The van der Waals surface area contributed by atoms with Gasteiger partial charge in [0.2, 0.25) is 0 Å². The molecule has 1 aromatic heterocycles. The van der Waals surface area contributed by atoms with Crippen molar-refractivity contribution in [1.82, 2.24) is 4.98 Å². The molecule has 0 amide bonds. The molecule has 18 heavy (non-hydrogen) atoms. The van der Waals surface area contributed by atoms with Gasteiger partial charge in [0.05, 0.1) is 12.7 Å². The van der Waals surface area contributed by atoms with Crippen molar-refractivity contribution >= 4 is 23.7 Å². The molecule has 0 saturated carbocycles. The van der Waals surface area contributed by atoms with Gasteiger partial charge in [-0.25, -0.2) is 14.6 Å². The van der Waals surface area contributed by atoms with Gasteiger partial charge in [-0.1, -0.05) is 0 Å². The van der Waals surface area contributed by atoms with Gasteiger partial charge < -0.3 is 9.47 Å². The van der Waals surface area contributed by atoms with Crippen molar-refractivity contribution in [3.63, 3.8) is 0 Å². The molecule has 0 radical (unpaired) electrons. The maximum Gasteiger partial charge on any atom is 0.344 e. The third kappa shape index (κ3) is 4.28. The number of carbonyl (C=O) groups is 2. The number of hydrogen-bond donors (Lipinski definition) is 0. The molecule has 1 aromatic rings. The summed E-state index contributed by atoms with van der Waals surface area (Å²) >= 11 is 0.132. The second-order valence-corrected chi connectivity index (χ2v) is 3.87. The summed E-state index contributed by atoms with van der Waals surface area (Å²) in [6.45, 7) is -0.580. The fraction of sp³-hybridized carbons (Fsp3) is 0.300. The van der Waals surface area contributed by atoms with E-state index in [2.05, 4.69) is 14.5 Å². The van der Waals surface area contributed by atoms with Crippen molar-refractivity contribution in [1.29, 1.82) is 0 Å². The van der Waals surface area contributed by atoms with E-state index in [1.54, 1.807) is 0 Å². The molecule has 8 heteroatoms. The monoisotopic (exact) mass is 277 g/mol. The Hall–Kier alpha value is -1.70. The lowest BCUT2D eigenvalue weighted by molar-refractivity contribution is -0.144. The van der Waals surface area contributed by atoms with Crippen LogP contribution in [0.2, 0.25) is 0 Å². The lowest BCUT2D eigenvalue weighted by Gasteiger charge is -2.07. The number of alkyl halides is 2. The number of aromatic nitrogens is 1. The van der Waals surface area contributed by atoms with Crippen LogP contribution in [0.3, 0.4) is 0 Å². The first-order chi connectivity index (χ1) is 8.54. The molecule has 5 nitrogen and oxygen atoms in total. The number of hydrogen-bond acceptors (Lipinski definition) is 6. The Morgan fingerprint density at radius 3 is 2.83 bits per heavy atom. The Bertz CT molecular complexity index is 442. The Morgan fingerprint density at radius 1 is 1.50 bits per heavy atom. The van der Waals surface area contributed by atoms with Gasteiger partial charge in [0.25, 0.3) is 5.76 Å². The van der Waals surface area contributed by atoms with E-state index in [-0.39, 0.29) is 22.4 Å². The Balaban J connectivity index is 2.75. The molecule has 0 aliphatic carbocycles. The van der Waals surface area contributed by atoms with Gasteiger partial charge in [-0.05, 0) is 23.9 Å². The number of thioether (sulfide) groups is 1. The minimum absolute atomic E-state index is 0.119. The summed E-state index contributed by atoms with van der Waals surface area (Å²) in [5.41, 5.74) is -0.119. The number of pyridine rings is 1. The van der Waals surface area contributed by atoms with Crippen LogP contribution in [0.5, 0.6) is 0 Å². The highest BCUT2D eigenvalue weighted by Gasteiger charge is 2.18. The van der Waals surface area contributed by atoms with Crippen molar-refractivity contribution in [3.8, 4) is 0 Å². The zero-order valence-electron chi connectivity index (χ0n) is 9.26. The number of methoxy groups -OCH3 is 1. The van der Waals surface area contributed by atoms with E-state index in [9.17, 15) is 18.4 Å². The Kier molecular flexibility index (Phi) is 5.50. The van der Waals surface area contributed by atoms with Crippen molar-refractivity contribution in [2.24, 2.45) is 0 Å². The fourth-order valence-electron chi connectivity index (χ4n) is 0.986. The van der Waals surface area contributed by atoms with Crippen molar-refractivity contribution in [2.75, 3.05) is 13.7 Å². The minimum atomic E-state index is -2.70. The SMILES string of the molecule is COC(=O)COC(=O)c1cccnc1SC(F)F. The number of carbonyl (C=O) groups excluding carboxylic acids is 2. The molecule has 0 atom stereocenters. The first-order valence-corrected chi connectivity index (χ1v) is 5.56. The summed E-state index contributed by atoms with van der Waals surface area (Å²) in [6, 6.07) is 2.70. The van der Waals surface area contributed by atoms with E-state index in [1.165, 1.54) is 18.3 Å². The van der Waals surface area contributed by atoms with Crippen LogP contribution in [-0.4, -0.2) is 36.4 Å². The van der Waals surface area contributed by atoms with Crippen molar-refractivity contribution < 1.29 is 27.8 Å². The third-order valence-electron chi connectivity index (χ3n) is 1.74. The number of esters is 2. The topological polar surface area (TPSA) is 65.5 Å². The second-order valence-electron chi connectivity index (χ2n) is 2.89. The van der Waals surface area contributed by atoms with Crippen LogP contribution in [-0.2, 0) is 14.3 Å². The van der Waals surface area contributed by atoms with Crippen molar-refractivity contribution in [3.05, 3.63) is 23.9 Å². The predicted octanol–water partition coefficient (Wildman–Crippen LogP) is 1.73.